The Bertz CT molecular complexity index is 1440. The van der Waals surface area contributed by atoms with Gasteiger partial charge in [0.25, 0.3) is 0 Å². The molecule has 0 amide bonds. The minimum Gasteiger partial charge on any atom is -0.436 e. The van der Waals surface area contributed by atoms with Gasteiger partial charge in [0.2, 0.25) is 11.8 Å². The van der Waals surface area contributed by atoms with Gasteiger partial charge in [-0.25, -0.2) is 15.0 Å². The van der Waals surface area contributed by atoms with Crippen molar-refractivity contribution in [1.29, 1.82) is 0 Å². The Balaban J connectivity index is 1.16. The number of hydrogen-bond donors (Lipinski definition) is 1. The van der Waals surface area contributed by atoms with Crippen LogP contribution in [-0.2, 0) is 11.8 Å². The van der Waals surface area contributed by atoms with E-state index in [1.807, 2.05) is 25.4 Å². The molecule has 0 aliphatic carbocycles. The lowest BCUT2D eigenvalue weighted by Gasteiger charge is -2.41. The molecule has 0 unspecified atom stereocenters. The largest absolute Gasteiger partial charge is 0.436 e. The van der Waals surface area contributed by atoms with Crippen molar-refractivity contribution >= 4 is 40.5 Å². The molecule has 0 bridgehead atoms. The molecule has 3 aromatic heterocycles. The first-order valence-corrected chi connectivity index (χ1v) is 13.4. The third-order valence-corrected chi connectivity index (χ3v) is 8.67. The van der Waals surface area contributed by atoms with Crippen LogP contribution in [0.1, 0.15) is 19.8 Å². The maximum Gasteiger partial charge on any atom is 0.238 e. The number of rotatable bonds is 5. The molecule has 0 radical (unpaired) electrons. The summed E-state index contributed by atoms with van der Waals surface area (Å²) >= 11 is 8.03. The summed E-state index contributed by atoms with van der Waals surface area (Å²) in [6, 6.07) is 7.45. The van der Waals surface area contributed by atoms with Crippen LogP contribution >= 0.6 is 23.4 Å². The Kier molecular flexibility index (Phi) is 6.39. The molecular weight excluding hydrogens is 512 g/mol. The molecule has 6 rings (SSSR count). The second-order valence-corrected chi connectivity index (χ2v) is 11.0. The SMILES string of the molecule is C[C@@H]1OCC2(CCN(c3ncc4nc(Sc5cccc(Oc6ccn(C)n6)c5Cl)cnc4n3)CC2)[C@@H]1N. The van der Waals surface area contributed by atoms with Gasteiger partial charge in [-0.05, 0) is 31.9 Å². The molecule has 192 valence electrons. The standard InChI is InChI=1S/C25H27ClN8O2S/c1-15-22(27)25(14-35-15)7-10-34(11-8-25)24-29-12-16-23(31-24)28-13-20(30-16)37-18-5-3-4-17(21(18)26)36-19-6-9-33(2)32-19/h3-6,9,12-13,15,22H,7-8,10-11,14,27H2,1-2H3/t15-,22+/m0/s1. The highest BCUT2D eigenvalue weighted by molar-refractivity contribution is 7.99. The highest BCUT2D eigenvalue weighted by Crippen LogP contribution is 2.42. The molecule has 1 aromatic carbocycles. The predicted molar refractivity (Wildman–Crippen MR) is 141 cm³/mol. The molecule has 2 aliphatic heterocycles. The van der Waals surface area contributed by atoms with Gasteiger partial charge in [0.15, 0.2) is 5.65 Å². The number of aromatic nitrogens is 6. The van der Waals surface area contributed by atoms with Crippen molar-refractivity contribution in [3.8, 4) is 11.6 Å². The third kappa shape index (κ3) is 4.72. The number of hydrogen-bond acceptors (Lipinski definition) is 10. The van der Waals surface area contributed by atoms with Gasteiger partial charge in [0.1, 0.15) is 16.3 Å². The third-order valence-electron chi connectivity index (χ3n) is 7.20. The molecule has 10 nitrogen and oxygen atoms in total. The number of aryl methyl sites for hydroxylation is 1. The van der Waals surface area contributed by atoms with Crippen LogP contribution in [0, 0.1) is 5.41 Å². The minimum atomic E-state index is 0.0555. The van der Waals surface area contributed by atoms with Crippen LogP contribution in [0.5, 0.6) is 11.6 Å². The number of anilines is 1. The van der Waals surface area contributed by atoms with Crippen molar-refractivity contribution in [3.05, 3.63) is 47.9 Å². The first kappa shape index (κ1) is 24.4. The number of piperidine rings is 1. The van der Waals surface area contributed by atoms with Gasteiger partial charge >= 0.3 is 0 Å². The highest BCUT2D eigenvalue weighted by Gasteiger charge is 2.47. The molecule has 2 aliphatic rings. The number of nitrogens with zero attached hydrogens (tertiary/aromatic N) is 7. The van der Waals surface area contributed by atoms with Crippen LogP contribution in [0.4, 0.5) is 5.95 Å². The van der Waals surface area contributed by atoms with Gasteiger partial charge in [-0.1, -0.05) is 29.4 Å². The molecule has 2 saturated heterocycles. The van der Waals surface area contributed by atoms with Gasteiger partial charge in [-0.15, -0.1) is 5.10 Å². The lowest BCUT2D eigenvalue weighted by molar-refractivity contribution is 0.0973. The molecule has 2 N–H and O–H groups in total. The van der Waals surface area contributed by atoms with Gasteiger partial charge < -0.3 is 20.1 Å². The molecule has 12 heteroatoms. The Labute approximate surface area is 223 Å². The summed E-state index contributed by atoms with van der Waals surface area (Å²) < 4.78 is 13.3. The summed E-state index contributed by atoms with van der Waals surface area (Å²) in [5.74, 6) is 1.66. The smallest absolute Gasteiger partial charge is 0.238 e. The quantitative estimate of drug-likeness (QED) is 0.398. The zero-order valence-electron chi connectivity index (χ0n) is 20.5. The normalized spacial score (nSPS) is 21.1. The van der Waals surface area contributed by atoms with Gasteiger partial charge in [-0.3, -0.25) is 4.68 Å². The number of ether oxygens (including phenoxy) is 2. The van der Waals surface area contributed by atoms with E-state index in [4.69, 9.17) is 36.8 Å². The summed E-state index contributed by atoms with van der Waals surface area (Å²) in [7, 11) is 1.83. The average molecular weight is 539 g/mol. The van der Waals surface area contributed by atoms with Crippen molar-refractivity contribution in [2.24, 2.45) is 18.2 Å². The first-order chi connectivity index (χ1) is 17.9. The monoisotopic (exact) mass is 538 g/mol. The summed E-state index contributed by atoms with van der Waals surface area (Å²) in [4.78, 5) is 21.5. The maximum absolute atomic E-state index is 6.63. The van der Waals surface area contributed by atoms with Gasteiger partial charge in [0, 0.05) is 48.8 Å². The Morgan fingerprint density at radius 1 is 1.16 bits per heavy atom. The summed E-state index contributed by atoms with van der Waals surface area (Å²) in [5.41, 5.74) is 7.69. The van der Waals surface area contributed by atoms with E-state index in [0.717, 1.165) is 37.4 Å². The molecule has 1 spiro atoms. The van der Waals surface area contributed by atoms with E-state index in [-0.39, 0.29) is 17.6 Å². The van der Waals surface area contributed by atoms with E-state index < -0.39 is 0 Å². The topological polar surface area (TPSA) is 117 Å². The zero-order valence-corrected chi connectivity index (χ0v) is 22.1. The summed E-state index contributed by atoms with van der Waals surface area (Å²) in [5, 5.41) is 5.41. The van der Waals surface area contributed by atoms with Crippen LogP contribution in [0.3, 0.4) is 0 Å². The van der Waals surface area contributed by atoms with Crippen molar-refractivity contribution in [2.75, 3.05) is 24.6 Å². The first-order valence-electron chi connectivity index (χ1n) is 12.2. The number of nitrogens with two attached hydrogens (primary N) is 1. The van der Waals surface area contributed by atoms with E-state index in [9.17, 15) is 0 Å². The van der Waals surface area contributed by atoms with E-state index >= 15 is 0 Å². The lowest BCUT2D eigenvalue weighted by atomic mass is 9.73. The van der Waals surface area contributed by atoms with Crippen molar-refractivity contribution in [3.63, 3.8) is 0 Å². The van der Waals surface area contributed by atoms with Crippen LogP contribution < -0.4 is 15.4 Å². The van der Waals surface area contributed by atoms with Crippen molar-refractivity contribution in [1.82, 2.24) is 29.7 Å². The van der Waals surface area contributed by atoms with E-state index in [1.165, 1.54) is 11.8 Å². The van der Waals surface area contributed by atoms with E-state index in [0.29, 0.717) is 38.8 Å². The average Bonchev–Trinajstić information content (AvgIpc) is 3.44. The highest BCUT2D eigenvalue weighted by atomic mass is 35.5. The second kappa shape index (κ2) is 9.71. The predicted octanol–water partition coefficient (Wildman–Crippen LogP) is 4.08. The summed E-state index contributed by atoms with van der Waals surface area (Å²) in [6.07, 6.45) is 7.27. The fourth-order valence-corrected chi connectivity index (χ4v) is 6.04. The van der Waals surface area contributed by atoms with Crippen molar-refractivity contribution < 1.29 is 9.47 Å². The molecule has 4 aromatic rings. The molecular formula is C25H27ClN8O2S. The molecule has 0 saturated carbocycles. The fraction of sp³-hybridized carbons (Fsp3) is 0.400. The van der Waals surface area contributed by atoms with Crippen LogP contribution in [-0.4, -0.2) is 61.6 Å². The second-order valence-electron chi connectivity index (χ2n) is 9.58. The van der Waals surface area contributed by atoms with Crippen LogP contribution in [0.2, 0.25) is 5.02 Å². The molecule has 5 heterocycles. The number of benzene rings is 1. The Hall–Kier alpha value is -2.99. The summed E-state index contributed by atoms with van der Waals surface area (Å²) in [6.45, 7) is 4.47. The van der Waals surface area contributed by atoms with Crippen LogP contribution in [0.15, 0.2) is 52.8 Å². The Morgan fingerprint density at radius 3 is 2.73 bits per heavy atom. The van der Waals surface area contributed by atoms with Gasteiger partial charge in [0.05, 0.1) is 30.1 Å². The van der Waals surface area contributed by atoms with E-state index in [2.05, 4.69) is 26.9 Å². The molecule has 2 atom stereocenters. The number of halogens is 1. The Morgan fingerprint density at radius 2 is 2.00 bits per heavy atom. The van der Waals surface area contributed by atoms with Crippen molar-refractivity contribution in [2.45, 2.75) is 41.8 Å². The molecule has 2 fully saturated rings. The van der Waals surface area contributed by atoms with Crippen LogP contribution in [0.25, 0.3) is 11.2 Å². The molecule has 37 heavy (non-hydrogen) atoms. The van der Waals surface area contributed by atoms with E-state index in [1.54, 1.807) is 29.2 Å². The fourth-order valence-electron chi connectivity index (χ4n) is 4.94. The maximum atomic E-state index is 6.63. The van der Waals surface area contributed by atoms with Gasteiger partial charge in [-0.2, -0.15) is 4.98 Å². The minimum absolute atomic E-state index is 0.0555. The number of fused-ring (bicyclic) bond motifs is 1. The zero-order chi connectivity index (χ0) is 25.6. The lowest BCUT2D eigenvalue weighted by Crippen LogP contribution is -2.50.